The van der Waals surface area contributed by atoms with Crippen LogP contribution in [0, 0.1) is 12.7 Å². The first-order chi connectivity index (χ1) is 19.1. The second-order valence-electron chi connectivity index (χ2n) is 9.61. The van der Waals surface area contributed by atoms with Crippen LogP contribution in [-0.2, 0) is 43.8 Å². The van der Waals surface area contributed by atoms with Crippen LogP contribution < -0.4 is 5.14 Å². The molecule has 2 heterocycles. The molecule has 1 saturated heterocycles. The number of aryl methyl sites for hydroxylation is 2. The van der Waals surface area contributed by atoms with Crippen molar-refractivity contribution in [3.63, 3.8) is 0 Å². The molecule has 0 bridgehead atoms. The summed E-state index contributed by atoms with van der Waals surface area (Å²) in [5, 5.41) is 15.5. The molecule has 4 rings (SSSR count). The van der Waals surface area contributed by atoms with Gasteiger partial charge in [-0.1, -0.05) is 6.07 Å². The first-order valence-corrected chi connectivity index (χ1v) is 15.4. The number of sulfone groups is 1. The van der Waals surface area contributed by atoms with Crippen molar-refractivity contribution in [2.45, 2.75) is 60.4 Å². The van der Waals surface area contributed by atoms with E-state index in [9.17, 15) is 39.2 Å². The fourth-order valence-electron chi connectivity index (χ4n) is 4.62. The molecule has 11 nitrogen and oxygen atoms in total. The molecule has 1 fully saturated rings. The van der Waals surface area contributed by atoms with Gasteiger partial charge < -0.3 is 4.90 Å². The number of alkyl halides is 3. The minimum Gasteiger partial charge on any atom is -0.343 e. The Kier molecular flexibility index (Phi) is 8.52. The second-order valence-corrected chi connectivity index (χ2v) is 13.4. The number of carbonyl (C=O) groups excluding carboxylic acids is 1. The average molecular weight is 619 g/mol. The topological polar surface area (TPSA) is 158 Å². The maximum atomic E-state index is 14.5. The number of primary sulfonamides is 1. The normalized spacial score (nSPS) is 15.3. The number of hydrogen-bond donors (Lipinski definition) is 1. The summed E-state index contributed by atoms with van der Waals surface area (Å²) in [5.41, 5.74) is -0.0686. The lowest BCUT2D eigenvalue weighted by atomic mass is 9.99. The molecule has 41 heavy (non-hydrogen) atoms. The smallest absolute Gasteiger partial charge is 0.343 e. The minimum atomic E-state index is -4.56. The number of benzene rings is 2. The third-order valence-electron chi connectivity index (χ3n) is 6.78. The van der Waals surface area contributed by atoms with Crippen molar-refractivity contribution < 1.29 is 39.2 Å². The maximum absolute atomic E-state index is 14.5. The summed E-state index contributed by atoms with van der Waals surface area (Å²) >= 11 is 0. The number of sulfonamides is 1. The van der Waals surface area contributed by atoms with E-state index in [0.29, 0.717) is 17.5 Å². The Morgan fingerprint density at radius 1 is 1.05 bits per heavy atom. The van der Waals surface area contributed by atoms with Crippen molar-refractivity contribution in [1.82, 2.24) is 25.1 Å². The molecule has 2 aromatic carbocycles. The van der Waals surface area contributed by atoms with Crippen molar-refractivity contribution in [3.8, 4) is 0 Å². The van der Waals surface area contributed by atoms with Crippen LogP contribution in [0.2, 0.25) is 0 Å². The zero-order chi connectivity index (χ0) is 30.2. The lowest BCUT2D eigenvalue weighted by molar-refractivity contribution is -0.137. The summed E-state index contributed by atoms with van der Waals surface area (Å²) in [7, 11) is -8.39. The summed E-state index contributed by atoms with van der Waals surface area (Å²) < 4.78 is 103. The number of amides is 1. The van der Waals surface area contributed by atoms with Gasteiger partial charge in [-0.15, -0.1) is 10.2 Å². The van der Waals surface area contributed by atoms with E-state index in [2.05, 4.69) is 15.4 Å². The number of tetrazole rings is 1. The van der Waals surface area contributed by atoms with Gasteiger partial charge in [-0.25, -0.2) is 26.4 Å². The number of aromatic nitrogens is 4. The molecule has 222 valence electrons. The molecule has 0 radical (unpaired) electrons. The summed E-state index contributed by atoms with van der Waals surface area (Å²) in [5.74, 6) is -1.20. The maximum Gasteiger partial charge on any atom is 0.416 e. The molecule has 0 atom stereocenters. The number of carbonyl (C=O) groups is 1. The third kappa shape index (κ3) is 7.08. The number of piperidine rings is 1. The van der Waals surface area contributed by atoms with E-state index in [4.69, 9.17) is 5.14 Å². The Morgan fingerprint density at radius 2 is 1.73 bits per heavy atom. The predicted molar refractivity (Wildman–Crippen MR) is 136 cm³/mol. The van der Waals surface area contributed by atoms with E-state index in [0.717, 1.165) is 29.1 Å². The molecule has 0 saturated carbocycles. The van der Waals surface area contributed by atoms with E-state index < -0.39 is 52.5 Å². The van der Waals surface area contributed by atoms with Crippen LogP contribution in [0.1, 0.15) is 41.8 Å². The van der Waals surface area contributed by atoms with Crippen LogP contribution >= 0.6 is 0 Å². The SMILES string of the molecule is Cc1nnn(Cc2cc(C(F)(F)F)ccc2CCC(=O)N2CCC(S(=O)(=O)c3ccc(S(N)(=O)=O)cc3F)CC2)n1. The van der Waals surface area contributed by atoms with Gasteiger partial charge in [-0.3, -0.25) is 4.79 Å². The Labute approximate surface area is 233 Å². The fourth-order valence-corrected chi connectivity index (χ4v) is 6.92. The predicted octanol–water partition coefficient (Wildman–Crippen LogP) is 2.23. The Balaban J connectivity index is 1.41. The molecule has 17 heteroatoms. The number of halogens is 4. The Morgan fingerprint density at radius 3 is 2.29 bits per heavy atom. The standard InChI is InChI=1S/C24H26F4N6O5S2/c1-15-30-32-34(31-15)14-17-12-18(24(26,27)28)4-2-16(17)3-7-23(35)33-10-8-19(9-11-33)40(36,37)22-6-5-20(13-21(22)25)41(29,38)39/h2,4-6,12-13,19H,3,7-11,14H2,1H3,(H2,29,38,39). The highest BCUT2D eigenvalue weighted by molar-refractivity contribution is 7.92. The highest BCUT2D eigenvalue weighted by atomic mass is 32.2. The van der Waals surface area contributed by atoms with E-state index in [-0.39, 0.29) is 56.8 Å². The average Bonchev–Trinajstić information content (AvgIpc) is 3.30. The molecule has 3 aromatic rings. The van der Waals surface area contributed by atoms with Gasteiger partial charge >= 0.3 is 6.18 Å². The lowest BCUT2D eigenvalue weighted by Gasteiger charge is -2.32. The van der Waals surface area contributed by atoms with Gasteiger partial charge in [0.25, 0.3) is 0 Å². The van der Waals surface area contributed by atoms with Crippen molar-refractivity contribution in [3.05, 3.63) is 64.7 Å². The fraction of sp³-hybridized carbons (Fsp3) is 0.417. The van der Waals surface area contributed by atoms with Crippen LogP contribution in [0.5, 0.6) is 0 Å². The molecular formula is C24H26F4N6O5S2. The summed E-state index contributed by atoms with van der Waals surface area (Å²) in [6, 6.07) is 5.57. The van der Waals surface area contributed by atoms with E-state index in [1.54, 1.807) is 6.92 Å². The minimum absolute atomic E-state index is 0.0211. The molecular weight excluding hydrogens is 592 g/mol. The van der Waals surface area contributed by atoms with E-state index >= 15 is 0 Å². The summed E-state index contributed by atoms with van der Waals surface area (Å²) in [6.07, 6.45) is -4.43. The zero-order valence-electron chi connectivity index (χ0n) is 21.7. The van der Waals surface area contributed by atoms with Crippen molar-refractivity contribution in [2.75, 3.05) is 13.1 Å². The molecule has 1 aromatic heterocycles. The number of hydrogen-bond acceptors (Lipinski definition) is 8. The van der Waals surface area contributed by atoms with Crippen LogP contribution in [-0.4, -0.2) is 66.2 Å². The van der Waals surface area contributed by atoms with Crippen LogP contribution in [0.4, 0.5) is 17.6 Å². The third-order valence-corrected chi connectivity index (χ3v) is 9.98. The van der Waals surface area contributed by atoms with Crippen LogP contribution in [0.3, 0.4) is 0 Å². The van der Waals surface area contributed by atoms with Crippen molar-refractivity contribution in [1.29, 1.82) is 0 Å². The molecule has 0 unspecified atom stereocenters. The number of nitrogens with zero attached hydrogens (tertiary/aromatic N) is 5. The van der Waals surface area contributed by atoms with Gasteiger partial charge in [0.15, 0.2) is 15.7 Å². The largest absolute Gasteiger partial charge is 0.416 e. The molecule has 1 aliphatic rings. The molecule has 1 aliphatic heterocycles. The molecule has 2 N–H and O–H groups in total. The molecule has 0 spiro atoms. The summed E-state index contributed by atoms with van der Waals surface area (Å²) in [4.78, 5) is 14.3. The number of likely N-dealkylation sites (tertiary alicyclic amines) is 1. The highest BCUT2D eigenvalue weighted by Gasteiger charge is 2.35. The Hall–Kier alpha value is -3.44. The first kappa shape index (κ1) is 30.5. The second kappa shape index (κ2) is 11.4. The quantitative estimate of drug-likeness (QED) is 0.377. The Bertz CT molecular complexity index is 1670. The molecule has 1 amide bonds. The lowest BCUT2D eigenvalue weighted by Crippen LogP contribution is -2.42. The van der Waals surface area contributed by atoms with Crippen LogP contribution in [0.25, 0.3) is 0 Å². The number of rotatable bonds is 8. The van der Waals surface area contributed by atoms with Gasteiger partial charge in [-0.05, 0) is 72.9 Å². The van der Waals surface area contributed by atoms with Crippen molar-refractivity contribution >= 4 is 25.8 Å². The van der Waals surface area contributed by atoms with Gasteiger partial charge in [0.1, 0.15) is 10.7 Å². The monoisotopic (exact) mass is 618 g/mol. The summed E-state index contributed by atoms with van der Waals surface area (Å²) in [6.45, 7) is 1.65. The van der Waals surface area contributed by atoms with Gasteiger partial charge in [-0.2, -0.15) is 18.0 Å². The van der Waals surface area contributed by atoms with Gasteiger partial charge in [0.2, 0.25) is 15.9 Å². The number of nitrogens with two attached hydrogens (primary N) is 1. The highest BCUT2D eigenvalue weighted by Crippen LogP contribution is 2.32. The first-order valence-electron chi connectivity index (χ1n) is 12.3. The van der Waals surface area contributed by atoms with E-state index in [1.807, 2.05) is 0 Å². The van der Waals surface area contributed by atoms with Crippen LogP contribution in [0.15, 0.2) is 46.2 Å². The van der Waals surface area contributed by atoms with Crippen molar-refractivity contribution in [2.24, 2.45) is 5.14 Å². The zero-order valence-corrected chi connectivity index (χ0v) is 23.3. The van der Waals surface area contributed by atoms with Gasteiger partial charge in [0.05, 0.1) is 22.3 Å². The van der Waals surface area contributed by atoms with Gasteiger partial charge in [0, 0.05) is 19.5 Å². The van der Waals surface area contributed by atoms with E-state index in [1.165, 1.54) is 11.0 Å². The molecule has 0 aliphatic carbocycles.